The van der Waals surface area contributed by atoms with Crippen molar-refractivity contribution in [1.29, 1.82) is 0 Å². The molecule has 4 nitrogen and oxygen atoms in total. The highest BCUT2D eigenvalue weighted by molar-refractivity contribution is 5.91. The van der Waals surface area contributed by atoms with Gasteiger partial charge in [-0.25, -0.2) is 0 Å². The number of carbonyl (C=O) groups excluding carboxylic acids is 1. The Balaban J connectivity index is 1.38. The first-order valence-electron chi connectivity index (χ1n) is 13.9. The van der Waals surface area contributed by atoms with Crippen LogP contribution in [0.4, 0.5) is 0 Å². The predicted octanol–water partition coefficient (Wildman–Crippen LogP) is 7.73. The molecule has 2 N–H and O–H groups in total. The number of carbonyl (C=O) groups is 1. The fourth-order valence-corrected chi connectivity index (χ4v) is 5.80. The molecule has 0 fully saturated rings. The molecule has 1 aliphatic carbocycles. The zero-order valence-electron chi connectivity index (χ0n) is 23.6. The summed E-state index contributed by atoms with van der Waals surface area (Å²) in [6.45, 7) is 11.5. The van der Waals surface area contributed by atoms with E-state index in [1.165, 1.54) is 28.7 Å². The summed E-state index contributed by atoms with van der Waals surface area (Å²) >= 11 is 0. The molecule has 0 bridgehead atoms. The van der Waals surface area contributed by atoms with E-state index >= 15 is 0 Å². The molecule has 2 atom stereocenters. The van der Waals surface area contributed by atoms with Gasteiger partial charge in [-0.05, 0) is 76.1 Å². The maximum absolute atomic E-state index is 13.3. The highest BCUT2D eigenvalue weighted by Gasteiger charge is 2.37. The molecule has 3 aromatic carbocycles. The van der Waals surface area contributed by atoms with Crippen LogP contribution in [0.1, 0.15) is 102 Å². The average Bonchev–Trinajstić information content (AvgIpc) is 3.40. The van der Waals surface area contributed by atoms with Gasteiger partial charge in [0.05, 0.1) is 6.04 Å². The van der Waals surface area contributed by atoms with Crippen LogP contribution < -0.4 is 5.32 Å². The van der Waals surface area contributed by atoms with E-state index in [0.717, 1.165) is 23.3 Å². The molecule has 0 saturated carbocycles. The van der Waals surface area contributed by atoms with Gasteiger partial charge in [0.2, 0.25) is 0 Å². The summed E-state index contributed by atoms with van der Waals surface area (Å²) in [5.41, 5.74) is 7.20. The van der Waals surface area contributed by atoms with E-state index in [1.54, 1.807) is 6.07 Å². The van der Waals surface area contributed by atoms with E-state index < -0.39 is 12.1 Å². The second-order valence-corrected chi connectivity index (χ2v) is 12.3. The van der Waals surface area contributed by atoms with Crippen LogP contribution in [0.2, 0.25) is 0 Å². The molecule has 0 aliphatic heterocycles. The molecule has 1 aromatic heterocycles. The normalized spacial score (nSPS) is 17.2. The lowest BCUT2D eigenvalue weighted by Crippen LogP contribution is -2.34. The van der Waals surface area contributed by atoms with Gasteiger partial charge in [-0.1, -0.05) is 100 Å². The summed E-state index contributed by atoms with van der Waals surface area (Å²) < 4.78 is 6.07. The molecule has 1 amide bonds. The zero-order chi connectivity index (χ0) is 27.8. The number of fused-ring (bicyclic) bond motifs is 1. The SMILES string of the molecule is Cc1cc2c(cc1Cc1ccc(C(=O)NC(c3ccccc3)C(O)c3ccccc3)o1)C(C)(C)CCC2(C)C. The minimum Gasteiger partial charge on any atom is -0.456 e. The summed E-state index contributed by atoms with van der Waals surface area (Å²) in [4.78, 5) is 13.3. The number of hydrogen-bond donors (Lipinski definition) is 2. The lowest BCUT2D eigenvalue weighted by Gasteiger charge is -2.42. The molecule has 2 unspecified atom stereocenters. The summed E-state index contributed by atoms with van der Waals surface area (Å²) in [6.07, 6.45) is 2.07. The van der Waals surface area contributed by atoms with Gasteiger partial charge in [0.1, 0.15) is 11.9 Å². The molecule has 1 heterocycles. The van der Waals surface area contributed by atoms with E-state index in [2.05, 4.69) is 52.1 Å². The van der Waals surface area contributed by atoms with Crippen molar-refractivity contribution in [2.45, 2.75) is 76.9 Å². The van der Waals surface area contributed by atoms with Gasteiger partial charge < -0.3 is 14.8 Å². The second kappa shape index (κ2) is 10.5. The van der Waals surface area contributed by atoms with Crippen molar-refractivity contribution in [2.24, 2.45) is 0 Å². The first-order chi connectivity index (χ1) is 18.5. The Hall–Kier alpha value is -3.63. The number of amides is 1. The van der Waals surface area contributed by atoms with Crippen LogP contribution in [0.15, 0.2) is 89.3 Å². The van der Waals surface area contributed by atoms with Crippen LogP contribution in [0.25, 0.3) is 0 Å². The lowest BCUT2D eigenvalue weighted by atomic mass is 9.62. The summed E-state index contributed by atoms with van der Waals surface area (Å²) in [5.74, 6) is 0.634. The summed E-state index contributed by atoms with van der Waals surface area (Å²) in [5, 5.41) is 14.2. The Labute approximate surface area is 232 Å². The van der Waals surface area contributed by atoms with Crippen molar-refractivity contribution >= 4 is 5.91 Å². The quantitative estimate of drug-likeness (QED) is 0.262. The number of benzene rings is 3. The third kappa shape index (κ3) is 5.58. The van der Waals surface area contributed by atoms with E-state index in [0.29, 0.717) is 6.42 Å². The minimum absolute atomic E-state index is 0.132. The molecule has 0 radical (unpaired) electrons. The number of rotatable bonds is 7. The van der Waals surface area contributed by atoms with Crippen molar-refractivity contribution in [3.8, 4) is 0 Å². The van der Waals surface area contributed by atoms with E-state index in [-0.39, 0.29) is 22.5 Å². The summed E-state index contributed by atoms with van der Waals surface area (Å²) in [7, 11) is 0. The van der Waals surface area contributed by atoms with Gasteiger partial charge in [-0.15, -0.1) is 0 Å². The van der Waals surface area contributed by atoms with E-state index in [9.17, 15) is 9.90 Å². The molecule has 5 rings (SSSR count). The maximum Gasteiger partial charge on any atom is 0.287 e. The Morgan fingerprint density at radius 3 is 2.03 bits per heavy atom. The summed E-state index contributed by atoms with van der Waals surface area (Å²) in [6, 6.07) is 26.6. The van der Waals surface area contributed by atoms with Gasteiger partial charge in [-0.2, -0.15) is 0 Å². The highest BCUT2D eigenvalue weighted by atomic mass is 16.4. The third-order valence-electron chi connectivity index (χ3n) is 8.46. The van der Waals surface area contributed by atoms with Crippen LogP contribution in [0.5, 0.6) is 0 Å². The van der Waals surface area contributed by atoms with Gasteiger partial charge in [0, 0.05) is 6.42 Å². The van der Waals surface area contributed by atoms with Crippen molar-refractivity contribution in [1.82, 2.24) is 5.32 Å². The Bertz CT molecular complexity index is 1450. The van der Waals surface area contributed by atoms with Gasteiger partial charge in [0.25, 0.3) is 5.91 Å². The molecule has 0 spiro atoms. The standard InChI is InChI=1S/C35H39NO3/c1-23-20-28-29(35(4,5)19-18-34(28,2)3)22-26(23)21-27-16-17-30(39-27)33(38)36-31(24-12-8-6-9-13-24)32(37)25-14-10-7-11-15-25/h6-17,20,22,31-32,37H,18-19,21H2,1-5H3,(H,36,38). The Kier molecular flexibility index (Phi) is 7.26. The van der Waals surface area contributed by atoms with E-state index in [1.807, 2.05) is 66.7 Å². The van der Waals surface area contributed by atoms with Crippen LogP contribution >= 0.6 is 0 Å². The van der Waals surface area contributed by atoms with Gasteiger partial charge >= 0.3 is 0 Å². The smallest absolute Gasteiger partial charge is 0.287 e. The topological polar surface area (TPSA) is 62.5 Å². The molecule has 1 aliphatic rings. The molecule has 39 heavy (non-hydrogen) atoms. The fourth-order valence-electron chi connectivity index (χ4n) is 5.80. The van der Waals surface area contributed by atoms with Crippen LogP contribution in [-0.2, 0) is 17.3 Å². The minimum atomic E-state index is -0.905. The largest absolute Gasteiger partial charge is 0.456 e. The van der Waals surface area contributed by atoms with Crippen molar-refractivity contribution < 1.29 is 14.3 Å². The molecule has 0 saturated heterocycles. The number of hydrogen-bond acceptors (Lipinski definition) is 3. The number of nitrogens with one attached hydrogen (secondary N) is 1. The number of furan rings is 1. The highest BCUT2D eigenvalue weighted by Crippen LogP contribution is 2.46. The Morgan fingerprint density at radius 2 is 1.41 bits per heavy atom. The van der Waals surface area contributed by atoms with Crippen LogP contribution in [0, 0.1) is 6.92 Å². The molecule has 4 heteroatoms. The second-order valence-electron chi connectivity index (χ2n) is 12.3. The molecule has 4 aromatic rings. The average molecular weight is 522 g/mol. The van der Waals surface area contributed by atoms with Crippen molar-refractivity contribution in [3.05, 3.63) is 130 Å². The monoisotopic (exact) mass is 521 g/mol. The Morgan fingerprint density at radius 1 is 0.846 bits per heavy atom. The van der Waals surface area contributed by atoms with Crippen LogP contribution in [0.3, 0.4) is 0 Å². The number of aliphatic hydroxyl groups is 1. The first kappa shape index (κ1) is 27.0. The van der Waals surface area contributed by atoms with Gasteiger partial charge in [0.15, 0.2) is 5.76 Å². The predicted molar refractivity (Wildman–Crippen MR) is 156 cm³/mol. The van der Waals surface area contributed by atoms with Crippen molar-refractivity contribution in [3.63, 3.8) is 0 Å². The zero-order valence-corrected chi connectivity index (χ0v) is 23.6. The maximum atomic E-state index is 13.3. The molecule has 202 valence electrons. The van der Waals surface area contributed by atoms with Gasteiger partial charge in [-0.3, -0.25) is 4.79 Å². The lowest BCUT2D eigenvalue weighted by molar-refractivity contribution is 0.0804. The fraction of sp³-hybridized carbons (Fsp3) is 0.343. The third-order valence-corrected chi connectivity index (χ3v) is 8.46. The molecular weight excluding hydrogens is 482 g/mol. The molecular formula is C35H39NO3. The number of aliphatic hydroxyl groups excluding tert-OH is 1. The van der Waals surface area contributed by atoms with Crippen LogP contribution in [-0.4, -0.2) is 11.0 Å². The number of aryl methyl sites for hydroxylation is 1. The van der Waals surface area contributed by atoms with Crippen molar-refractivity contribution in [2.75, 3.05) is 0 Å². The first-order valence-corrected chi connectivity index (χ1v) is 13.9. The van der Waals surface area contributed by atoms with E-state index in [4.69, 9.17) is 4.42 Å².